The van der Waals surface area contributed by atoms with Crippen molar-refractivity contribution in [2.75, 3.05) is 7.05 Å². The summed E-state index contributed by atoms with van der Waals surface area (Å²) < 4.78 is 0. The van der Waals surface area contributed by atoms with Gasteiger partial charge in [0.1, 0.15) is 0 Å². The maximum atomic E-state index is 11.5. The van der Waals surface area contributed by atoms with Gasteiger partial charge in [-0.25, -0.2) is 0 Å². The molecule has 2 nitrogen and oxygen atoms in total. The summed E-state index contributed by atoms with van der Waals surface area (Å²) in [6.45, 7) is 3.98. The Balaban J connectivity index is 2.56. The number of carbonyl (C=O) groups is 1. The smallest absolute Gasteiger partial charge is 0.222 e. The molecule has 1 rings (SSSR count). The first-order chi connectivity index (χ1) is 7.15. The molecule has 0 heterocycles. The van der Waals surface area contributed by atoms with Gasteiger partial charge in [-0.1, -0.05) is 37.3 Å². The second kappa shape index (κ2) is 5.54. The third-order valence-electron chi connectivity index (χ3n) is 2.73. The van der Waals surface area contributed by atoms with E-state index in [4.69, 9.17) is 0 Å². The first-order valence-electron chi connectivity index (χ1n) is 5.44. The largest absolute Gasteiger partial charge is 0.343 e. The molecule has 0 unspecified atom stereocenters. The third kappa shape index (κ3) is 3.39. The summed E-state index contributed by atoms with van der Waals surface area (Å²) in [5.74, 6) is 0.207. The van der Waals surface area contributed by atoms with Crippen LogP contribution in [0.1, 0.15) is 25.8 Å². The Bertz CT molecular complexity index is 308. The number of hydrogen-bond donors (Lipinski definition) is 0. The Morgan fingerprint density at radius 3 is 2.47 bits per heavy atom. The van der Waals surface area contributed by atoms with Crippen LogP contribution in [0, 0.1) is 0 Å². The van der Waals surface area contributed by atoms with Crippen LogP contribution in [0.2, 0.25) is 0 Å². The van der Waals surface area contributed by atoms with E-state index in [2.05, 4.69) is 19.1 Å². The van der Waals surface area contributed by atoms with Crippen LogP contribution in [-0.2, 0) is 11.2 Å². The molecule has 0 saturated carbocycles. The molecule has 0 radical (unpaired) electrons. The van der Waals surface area contributed by atoms with Crippen molar-refractivity contribution >= 4 is 5.91 Å². The minimum absolute atomic E-state index is 0.207. The normalized spacial score (nSPS) is 12.2. The van der Waals surface area contributed by atoms with Gasteiger partial charge >= 0.3 is 0 Å². The molecule has 0 aliphatic heterocycles. The van der Waals surface area contributed by atoms with E-state index in [1.807, 2.05) is 37.1 Å². The Labute approximate surface area is 91.9 Å². The number of rotatable bonds is 4. The fourth-order valence-corrected chi connectivity index (χ4v) is 1.59. The Kier molecular flexibility index (Phi) is 4.35. The summed E-state index contributed by atoms with van der Waals surface area (Å²) in [6, 6.07) is 10.5. The minimum Gasteiger partial charge on any atom is -0.343 e. The molecule has 0 bridgehead atoms. The summed E-state index contributed by atoms with van der Waals surface area (Å²) in [6.07, 6.45) is 1.50. The standard InChI is InChI=1S/C13H19NO/c1-4-13(15)14(3)11(2)10-12-8-6-5-7-9-12/h5-9,11H,4,10H2,1-3H3/t11-/m0/s1. The quantitative estimate of drug-likeness (QED) is 0.739. The van der Waals surface area contributed by atoms with E-state index in [0.29, 0.717) is 6.42 Å². The summed E-state index contributed by atoms with van der Waals surface area (Å²) in [7, 11) is 1.87. The highest BCUT2D eigenvalue weighted by Gasteiger charge is 2.13. The van der Waals surface area contributed by atoms with Crippen LogP contribution < -0.4 is 0 Å². The van der Waals surface area contributed by atoms with E-state index in [9.17, 15) is 4.79 Å². The summed E-state index contributed by atoms with van der Waals surface area (Å²) >= 11 is 0. The van der Waals surface area contributed by atoms with Crippen LogP contribution in [0.3, 0.4) is 0 Å². The number of amides is 1. The van der Waals surface area contributed by atoms with Gasteiger partial charge in [0.25, 0.3) is 0 Å². The molecule has 0 saturated heterocycles. The first kappa shape index (κ1) is 11.8. The van der Waals surface area contributed by atoms with Gasteiger partial charge in [-0.05, 0) is 18.9 Å². The Morgan fingerprint density at radius 2 is 1.93 bits per heavy atom. The van der Waals surface area contributed by atoms with E-state index in [-0.39, 0.29) is 11.9 Å². The molecule has 1 aromatic rings. The van der Waals surface area contributed by atoms with Gasteiger partial charge < -0.3 is 4.90 Å². The predicted molar refractivity (Wildman–Crippen MR) is 62.7 cm³/mol. The second-order valence-electron chi connectivity index (χ2n) is 3.90. The fraction of sp³-hybridized carbons (Fsp3) is 0.462. The van der Waals surface area contributed by atoms with Crippen LogP contribution in [0.4, 0.5) is 0 Å². The van der Waals surface area contributed by atoms with Gasteiger partial charge in [0.15, 0.2) is 0 Å². The SMILES string of the molecule is CCC(=O)N(C)[C@@H](C)Cc1ccccc1. The van der Waals surface area contributed by atoms with Crippen molar-refractivity contribution in [1.29, 1.82) is 0 Å². The van der Waals surface area contributed by atoms with Crippen LogP contribution in [0.25, 0.3) is 0 Å². The average molecular weight is 205 g/mol. The average Bonchev–Trinajstić information content (AvgIpc) is 2.28. The third-order valence-corrected chi connectivity index (χ3v) is 2.73. The van der Waals surface area contributed by atoms with Crippen LogP contribution >= 0.6 is 0 Å². The van der Waals surface area contributed by atoms with Crippen molar-refractivity contribution in [3.63, 3.8) is 0 Å². The number of hydrogen-bond acceptors (Lipinski definition) is 1. The lowest BCUT2D eigenvalue weighted by Gasteiger charge is -2.24. The van der Waals surface area contributed by atoms with Gasteiger partial charge in [0.05, 0.1) is 0 Å². The van der Waals surface area contributed by atoms with Crippen LogP contribution in [0.5, 0.6) is 0 Å². The van der Waals surface area contributed by atoms with Crippen molar-refractivity contribution < 1.29 is 4.79 Å². The topological polar surface area (TPSA) is 20.3 Å². The predicted octanol–water partition coefficient (Wildman–Crippen LogP) is 2.49. The molecule has 82 valence electrons. The maximum Gasteiger partial charge on any atom is 0.222 e. The fourth-order valence-electron chi connectivity index (χ4n) is 1.59. The van der Waals surface area contributed by atoms with Crippen molar-refractivity contribution in [2.45, 2.75) is 32.7 Å². The molecule has 1 aromatic carbocycles. The lowest BCUT2D eigenvalue weighted by atomic mass is 10.1. The maximum absolute atomic E-state index is 11.5. The zero-order valence-corrected chi connectivity index (χ0v) is 9.73. The molecule has 0 spiro atoms. The zero-order chi connectivity index (χ0) is 11.3. The molecule has 1 atom stereocenters. The lowest BCUT2D eigenvalue weighted by molar-refractivity contribution is -0.131. The highest BCUT2D eigenvalue weighted by atomic mass is 16.2. The zero-order valence-electron chi connectivity index (χ0n) is 9.73. The van der Waals surface area contributed by atoms with Crippen LogP contribution in [0.15, 0.2) is 30.3 Å². The molecular weight excluding hydrogens is 186 g/mol. The summed E-state index contributed by atoms with van der Waals surface area (Å²) in [5.41, 5.74) is 1.28. The number of likely N-dealkylation sites (N-methyl/N-ethyl adjacent to an activating group) is 1. The minimum atomic E-state index is 0.207. The van der Waals surface area contributed by atoms with E-state index in [1.54, 1.807) is 0 Å². The molecule has 1 amide bonds. The van der Waals surface area contributed by atoms with Crippen molar-refractivity contribution in [3.8, 4) is 0 Å². The van der Waals surface area contributed by atoms with Gasteiger partial charge in [0.2, 0.25) is 5.91 Å². The molecule has 0 fully saturated rings. The molecule has 0 aliphatic rings. The van der Waals surface area contributed by atoms with Gasteiger partial charge in [-0.2, -0.15) is 0 Å². The number of benzene rings is 1. The van der Waals surface area contributed by atoms with E-state index in [0.717, 1.165) is 6.42 Å². The summed E-state index contributed by atoms with van der Waals surface area (Å²) in [4.78, 5) is 13.3. The Hall–Kier alpha value is -1.31. The molecule has 15 heavy (non-hydrogen) atoms. The van der Waals surface area contributed by atoms with Crippen LogP contribution in [-0.4, -0.2) is 23.9 Å². The Morgan fingerprint density at radius 1 is 1.33 bits per heavy atom. The lowest BCUT2D eigenvalue weighted by Crippen LogP contribution is -2.35. The highest BCUT2D eigenvalue weighted by molar-refractivity contribution is 5.75. The van der Waals surface area contributed by atoms with Crippen molar-refractivity contribution in [1.82, 2.24) is 4.90 Å². The van der Waals surface area contributed by atoms with Crippen molar-refractivity contribution in [3.05, 3.63) is 35.9 Å². The molecule has 0 aromatic heterocycles. The molecule has 0 N–H and O–H groups in total. The first-order valence-corrected chi connectivity index (χ1v) is 5.44. The number of nitrogens with zero attached hydrogens (tertiary/aromatic N) is 1. The van der Waals surface area contributed by atoms with Gasteiger partial charge in [0, 0.05) is 19.5 Å². The van der Waals surface area contributed by atoms with E-state index in [1.165, 1.54) is 5.56 Å². The summed E-state index contributed by atoms with van der Waals surface area (Å²) in [5, 5.41) is 0. The second-order valence-corrected chi connectivity index (χ2v) is 3.90. The molecule has 0 aliphatic carbocycles. The highest BCUT2D eigenvalue weighted by Crippen LogP contribution is 2.08. The molecule has 2 heteroatoms. The van der Waals surface area contributed by atoms with Gasteiger partial charge in [-0.3, -0.25) is 4.79 Å². The monoisotopic (exact) mass is 205 g/mol. The number of carbonyl (C=O) groups excluding carboxylic acids is 1. The molecular formula is C13H19NO. The van der Waals surface area contributed by atoms with E-state index < -0.39 is 0 Å². The van der Waals surface area contributed by atoms with Gasteiger partial charge in [-0.15, -0.1) is 0 Å². The van der Waals surface area contributed by atoms with E-state index >= 15 is 0 Å². The van der Waals surface area contributed by atoms with Crippen molar-refractivity contribution in [2.24, 2.45) is 0 Å².